The summed E-state index contributed by atoms with van der Waals surface area (Å²) in [6.07, 6.45) is 42.2. The summed E-state index contributed by atoms with van der Waals surface area (Å²) in [5, 5.41) is 121. The smallest absolute Gasteiger partial charge is 0.224 e. The molecule has 0 aromatic rings. The number of unbranched alkanes of at least 4 members (excludes halogenated alkanes) is 32. The summed E-state index contributed by atoms with van der Waals surface area (Å²) in [6, 6.07) is -0.945. The monoisotopic (exact) mass is 1320 g/mol. The number of hydrogen-bond acceptors (Lipinski definition) is 18. The molecule has 17 unspecified atom stereocenters. The van der Waals surface area contributed by atoms with Crippen LogP contribution in [0.3, 0.4) is 0 Å². The molecule has 1 amide bonds. The molecule has 3 aliphatic heterocycles. The van der Waals surface area contributed by atoms with Gasteiger partial charge in [-0.05, 0) is 38.5 Å². The average Bonchev–Trinajstić information content (AvgIpc) is 0.814. The Morgan fingerprint density at radius 2 is 0.699 bits per heavy atom. The fourth-order valence-corrected chi connectivity index (χ4v) is 12.4. The largest absolute Gasteiger partial charge is 0.394 e. The van der Waals surface area contributed by atoms with Crippen LogP contribution in [0.1, 0.15) is 271 Å². The van der Waals surface area contributed by atoms with Gasteiger partial charge in [0.2, 0.25) is 5.91 Å². The molecule has 3 aliphatic rings. The van der Waals surface area contributed by atoms with Gasteiger partial charge < -0.3 is 89.9 Å². The summed E-state index contributed by atoms with van der Waals surface area (Å²) in [6.45, 7) is 1.63. The van der Waals surface area contributed by atoms with Gasteiger partial charge in [0.15, 0.2) is 18.9 Å². The minimum atomic E-state index is -1.98. The molecule has 19 nitrogen and oxygen atoms in total. The highest BCUT2D eigenvalue weighted by atomic mass is 16.8. The zero-order valence-corrected chi connectivity index (χ0v) is 57.5. The van der Waals surface area contributed by atoms with E-state index >= 15 is 0 Å². The van der Waals surface area contributed by atoms with Gasteiger partial charge in [-0.3, -0.25) is 4.79 Å². The van der Waals surface area contributed by atoms with E-state index in [0.29, 0.717) is 19.3 Å². The highest BCUT2D eigenvalue weighted by molar-refractivity contribution is 5.77. The lowest BCUT2D eigenvalue weighted by Crippen LogP contribution is -2.66. The molecule has 0 aromatic carbocycles. The fraction of sp³-hybridized carbons (Fsp3) is 0.851. The number of ether oxygens (including phenoxy) is 6. The second-order valence-electron chi connectivity index (χ2n) is 26.4. The Balaban J connectivity index is 1.37. The van der Waals surface area contributed by atoms with Gasteiger partial charge >= 0.3 is 0 Å². The Hall–Kier alpha value is -2.51. The minimum absolute atomic E-state index is 0.0326. The average molecular weight is 1320 g/mol. The maximum absolute atomic E-state index is 13.3. The third-order valence-corrected chi connectivity index (χ3v) is 18.4. The zero-order chi connectivity index (χ0) is 67.5. The van der Waals surface area contributed by atoms with Crippen LogP contribution in [0.15, 0.2) is 60.8 Å². The van der Waals surface area contributed by atoms with E-state index in [1.54, 1.807) is 6.08 Å². The highest BCUT2D eigenvalue weighted by Gasteiger charge is 2.53. The number of allylic oxidation sites excluding steroid dienone is 9. The Morgan fingerprint density at radius 3 is 1.06 bits per heavy atom. The molecule has 3 fully saturated rings. The summed E-state index contributed by atoms with van der Waals surface area (Å²) < 4.78 is 34.4. The lowest BCUT2D eigenvalue weighted by molar-refractivity contribution is -0.379. The van der Waals surface area contributed by atoms with E-state index in [2.05, 4.69) is 61.7 Å². The predicted octanol–water partition coefficient (Wildman–Crippen LogP) is 10.7. The first-order valence-electron chi connectivity index (χ1n) is 37.0. The van der Waals surface area contributed by atoms with Crippen LogP contribution in [0, 0.1) is 0 Å². The van der Waals surface area contributed by atoms with Crippen molar-refractivity contribution in [3.8, 4) is 0 Å². The topological polar surface area (TPSA) is 307 Å². The summed E-state index contributed by atoms with van der Waals surface area (Å²) >= 11 is 0. The summed E-state index contributed by atoms with van der Waals surface area (Å²) in [5.41, 5.74) is 0. The van der Waals surface area contributed by atoms with Crippen LogP contribution in [0.2, 0.25) is 0 Å². The van der Waals surface area contributed by atoms with Crippen molar-refractivity contribution in [3.63, 3.8) is 0 Å². The standard InChI is InChI=1S/C74H133NO18/c1-3-5-7-9-11-13-15-17-19-20-21-22-23-24-25-26-27-28-29-30-31-32-33-34-35-36-38-39-41-43-45-47-49-51-58(79)57(75-62(80)52-50-48-46-44-42-40-37-18-16-14-12-10-8-6-4-2)56-88-72-68(86)65(83)70(60(54-77)90-72)93-74-69(87)66(84)71(61(55-78)91-74)92-73-67(85)64(82)63(81)59(53-76)89-73/h6,8,12,14,18,37,42,44,48,50,57-61,63-74,76-79,81-87H,3-5,7,9-11,13,15-17,19-36,38-41,43,45-47,49,51-56H2,1-2H3,(H,75,80)/b8-6-,14-12-,37-18-,44-42-,50-48-. The molecule has 19 heteroatoms. The normalized spacial score (nSPS) is 27.9. The highest BCUT2D eigenvalue weighted by Crippen LogP contribution is 2.33. The van der Waals surface area contributed by atoms with Gasteiger partial charge in [0, 0.05) is 6.42 Å². The second-order valence-corrected chi connectivity index (χ2v) is 26.4. The number of aliphatic hydroxyl groups excluding tert-OH is 11. The molecule has 542 valence electrons. The van der Waals surface area contributed by atoms with Gasteiger partial charge in [-0.15, -0.1) is 0 Å². The van der Waals surface area contributed by atoms with Gasteiger partial charge in [-0.1, -0.05) is 286 Å². The Morgan fingerprint density at radius 1 is 0.387 bits per heavy atom. The maximum Gasteiger partial charge on any atom is 0.224 e. The molecular formula is C74H133NO18. The molecule has 3 saturated heterocycles. The van der Waals surface area contributed by atoms with Crippen LogP contribution in [0.5, 0.6) is 0 Å². The van der Waals surface area contributed by atoms with Gasteiger partial charge in [0.25, 0.3) is 0 Å². The summed E-state index contributed by atoms with van der Waals surface area (Å²) in [4.78, 5) is 13.3. The van der Waals surface area contributed by atoms with Crippen molar-refractivity contribution in [2.24, 2.45) is 0 Å². The van der Waals surface area contributed by atoms with Gasteiger partial charge in [0.1, 0.15) is 73.2 Å². The maximum atomic E-state index is 13.3. The van der Waals surface area contributed by atoms with Crippen molar-refractivity contribution < 1.29 is 89.4 Å². The van der Waals surface area contributed by atoms with Crippen molar-refractivity contribution in [1.82, 2.24) is 5.32 Å². The number of hydrogen-bond donors (Lipinski definition) is 12. The number of amides is 1. The first-order chi connectivity index (χ1) is 45.3. The van der Waals surface area contributed by atoms with Crippen molar-refractivity contribution in [3.05, 3.63) is 60.8 Å². The molecule has 93 heavy (non-hydrogen) atoms. The zero-order valence-electron chi connectivity index (χ0n) is 57.5. The third kappa shape index (κ3) is 36.8. The Bertz CT molecular complexity index is 1920. The van der Waals surface area contributed by atoms with E-state index in [4.69, 9.17) is 28.4 Å². The van der Waals surface area contributed by atoms with Crippen molar-refractivity contribution >= 4 is 5.91 Å². The lowest BCUT2D eigenvalue weighted by Gasteiger charge is -2.48. The summed E-state index contributed by atoms with van der Waals surface area (Å²) in [7, 11) is 0. The van der Waals surface area contributed by atoms with E-state index < -0.39 is 124 Å². The quantitative estimate of drug-likeness (QED) is 0.0199. The van der Waals surface area contributed by atoms with Crippen LogP contribution in [-0.2, 0) is 33.2 Å². The van der Waals surface area contributed by atoms with Crippen molar-refractivity contribution in [2.75, 3.05) is 26.4 Å². The molecule has 12 N–H and O–H groups in total. The van der Waals surface area contributed by atoms with Crippen molar-refractivity contribution in [1.29, 1.82) is 0 Å². The lowest BCUT2D eigenvalue weighted by atomic mass is 9.96. The first-order valence-corrected chi connectivity index (χ1v) is 37.0. The number of aliphatic hydroxyl groups is 11. The molecule has 17 atom stereocenters. The molecular weight excluding hydrogens is 1190 g/mol. The van der Waals surface area contributed by atoms with E-state index in [0.717, 1.165) is 44.9 Å². The van der Waals surface area contributed by atoms with Crippen LogP contribution < -0.4 is 5.32 Å². The Kier molecular flexibility index (Phi) is 50.4. The fourth-order valence-electron chi connectivity index (χ4n) is 12.4. The number of carbonyl (C=O) groups excluding carboxylic acids is 1. The SMILES string of the molecule is CC/C=C\C/C=C\C/C=C\C/C=C\C/C=C\CC(=O)NC(COC1OC(CO)C(OC2OC(CO)C(OC3OC(CO)C(O)C(O)C3O)C(O)C2O)C(O)C1O)C(O)CCCCCCCCCCCCCCCCCCCCCCCCCCCCCCCCCCC. The van der Waals surface area contributed by atoms with Crippen molar-refractivity contribution in [2.45, 2.75) is 375 Å². The predicted molar refractivity (Wildman–Crippen MR) is 365 cm³/mol. The number of nitrogens with one attached hydrogen (secondary N) is 1. The molecule has 0 aliphatic carbocycles. The number of carbonyl (C=O) groups is 1. The first kappa shape index (κ1) is 84.7. The van der Waals surface area contributed by atoms with Crippen LogP contribution >= 0.6 is 0 Å². The van der Waals surface area contributed by atoms with E-state index in [-0.39, 0.29) is 18.9 Å². The molecule has 0 spiro atoms. The van der Waals surface area contributed by atoms with E-state index in [1.807, 2.05) is 12.2 Å². The summed E-state index contributed by atoms with van der Waals surface area (Å²) in [5.74, 6) is -0.368. The second kappa shape index (κ2) is 55.4. The van der Waals surface area contributed by atoms with E-state index in [1.165, 1.54) is 186 Å². The molecule has 0 saturated carbocycles. The molecule has 0 radical (unpaired) electrons. The van der Waals surface area contributed by atoms with Gasteiger partial charge in [0.05, 0.1) is 38.6 Å². The van der Waals surface area contributed by atoms with Gasteiger partial charge in [-0.25, -0.2) is 0 Å². The van der Waals surface area contributed by atoms with Crippen LogP contribution in [-0.4, -0.2) is 193 Å². The molecule has 0 bridgehead atoms. The Labute approximate surface area is 560 Å². The third-order valence-electron chi connectivity index (χ3n) is 18.4. The van der Waals surface area contributed by atoms with Gasteiger partial charge in [-0.2, -0.15) is 0 Å². The minimum Gasteiger partial charge on any atom is -0.394 e. The number of rotatable bonds is 57. The van der Waals surface area contributed by atoms with E-state index in [9.17, 15) is 61.0 Å². The van der Waals surface area contributed by atoms with Crippen LogP contribution in [0.4, 0.5) is 0 Å². The molecule has 3 heterocycles. The molecule has 3 rings (SSSR count). The molecule has 0 aromatic heterocycles. The van der Waals surface area contributed by atoms with Crippen LogP contribution in [0.25, 0.3) is 0 Å².